The summed E-state index contributed by atoms with van der Waals surface area (Å²) in [5.41, 5.74) is 0. The van der Waals surface area contributed by atoms with Gasteiger partial charge in [0.2, 0.25) is 5.91 Å². The zero-order valence-corrected chi connectivity index (χ0v) is 12.4. The highest BCUT2D eigenvalue weighted by Gasteiger charge is 2.23. The van der Waals surface area contributed by atoms with Gasteiger partial charge < -0.3 is 10.2 Å². The number of rotatable bonds is 7. The summed E-state index contributed by atoms with van der Waals surface area (Å²) in [7, 11) is 2.01. The fourth-order valence-electron chi connectivity index (χ4n) is 2.74. The summed E-state index contributed by atoms with van der Waals surface area (Å²) in [6, 6.07) is 0.608. The number of hydrogen-bond acceptors (Lipinski definition) is 2. The number of carbonyl (C=O) groups excluding carboxylic acids is 1. The zero-order chi connectivity index (χ0) is 13.4. The largest absolute Gasteiger partial charge is 0.343 e. The van der Waals surface area contributed by atoms with Crippen molar-refractivity contribution in [3.63, 3.8) is 0 Å². The summed E-state index contributed by atoms with van der Waals surface area (Å²) >= 11 is 0. The number of amides is 1. The monoisotopic (exact) mass is 254 g/mol. The normalized spacial score (nSPS) is 18.9. The Hall–Kier alpha value is -0.570. The molecule has 0 aromatic heterocycles. The van der Waals surface area contributed by atoms with Crippen molar-refractivity contribution in [1.29, 1.82) is 0 Å². The quantitative estimate of drug-likeness (QED) is 0.757. The first kappa shape index (κ1) is 15.5. The van der Waals surface area contributed by atoms with Gasteiger partial charge in [0.05, 0.1) is 0 Å². The molecule has 1 fully saturated rings. The second-order valence-corrected chi connectivity index (χ2v) is 5.56. The van der Waals surface area contributed by atoms with E-state index in [0.717, 1.165) is 38.8 Å². The molecule has 0 aromatic rings. The minimum absolute atomic E-state index is 0.382. The van der Waals surface area contributed by atoms with Gasteiger partial charge in [-0.2, -0.15) is 0 Å². The van der Waals surface area contributed by atoms with Crippen LogP contribution in [-0.2, 0) is 4.79 Å². The maximum Gasteiger partial charge on any atom is 0.222 e. The summed E-state index contributed by atoms with van der Waals surface area (Å²) in [4.78, 5) is 14.3. The predicted octanol–water partition coefficient (Wildman–Crippen LogP) is 2.80. The van der Waals surface area contributed by atoms with Crippen LogP contribution in [0.5, 0.6) is 0 Å². The summed E-state index contributed by atoms with van der Waals surface area (Å²) < 4.78 is 0. The van der Waals surface area contributed by atoms with Gasteiger partial charge in [0.25, 0.3) is 0 Å². The number of piperidine rings is 1. The number of carbonyl (C=O) groups is 1. The van der Waals surface area contributed by atoms with E-state index in [0.29, 0.717) is 17.9 Å². The standard InChI is InChI=1S/C15H30N2O/c1-4-6-7-13(5-2)12-15(18)17-10-8-14(16-3)9-11-17/h13-14,16H,4-12H2,1-3H3. The van der Waals surface area contributed by atoms with Crippen LogP contribution >= 0.6 is 0 Å². The van der Waals surface area contributed by atoms with Gasteiger partial charge in [-0.1, -0.05) is 33.1 Å². The summed E-state index contributed by atoms with van der Waals surface area (Å²) in [6.07, 6.45) is 7.82. The van der Waals surface area contributed by atoms with Crippen LogP contribution in [0.2, 0.25) is 0 Å². The third kappa shape index (κ3) is 4.97. The van der Waals surface area contributed by atoms with E-state index in [2.05, 4.69) is 24.1 Å². The molecule has 0 bridgehead atoms. The first-order valence-electron chi connectivity index (χ1n) is 7.66. The van der Waals surface area contributed by atoms with Crippen molar-refractivity contribution in [2.75, 3.05) is 20.1 Å². The van der Waals surface area contributed by atoms with E-state index in [1.165, 1.54) is 19.3 Å². The summed E-state index contributed by atoms with van der Waals surface area (Å²) in [6.45, 7) is 6.31. The Balaban J connectivity index is 2.31. The van der Waals surface area contributed by atoms with Gasteiger partial charge in [0.1, 0.15) is 0 Å². The van der Waals surface area contributed by atoms with Gasteiger partial charge >= 0.3 is 0 Å². The second kappa shape index (κ2) is 8.52. The van der Waals surface area contributed by atoms with Crippen LogP contribution in [0.25, 0.3) is 0 Å². The lowest BCUT2D eigenvalue weighted by molar-refractivity contribution is -0.133. The molecule has 106 valence electrons. The highest BCUT2D eigenvalue weighted by molar-refractivity contribution is 5.76. The molecule has 0 spiro atoms. The zero-order valence-electron chi connectivity index (χ0n) is 12.4. The van der Waals surface area contributed by atoms with E-state index in [-0.39, 0.29) is 0 Å². The van der Waals surface area contributed by atoms with E-state index in [9.17, 15) is 4.79 Å². The third-order valence-corrected chi connectivity index (χ3v) is 4.26. The predicted molar refractivity (Wildman–Crippen MR) is 76.6 cm³/mol. The van der Waals surface area contributed by atoms with Crippen molar-refractivity contribution in [1.82, 2.24) is 10.2 Å². The SMILES string of the molecule is CCCCC(CC)CC(=O)N1CCC(NC)CC1. The van der Waals surface area contributed by atoms with Crippen LogP contribution in [0.1, 0.15) is 58.8 Å². The Kier molecular flexibility index (Phi) is 7.33. The van der Waals surface area contributed by atoms with E-state index < -0.39 is 0 Å². The van der Waals surface area contributed by atoms with Crippen molar-refractivity contribution < 1.29 is 4.79 Å². The molecular weight excluding hydrogens is 224 g/mol. The van der Waals surface area contributed by atoms with Crippen molar-refractivity contribution in [3.05, 3.63) is 0 Å². The van der Waals surface area contributed by atoms with Crippen molar-refractivity contribution in [2.24, 2.45) is 5.92 Å². The number of nitrogens with one attached hydrogen (secondary N) is 1. The molecule has 0 aliphatic carbocycles. The molecule has 1 atom stereocenters. The summed E-state index contributed by atoms with van der Waals surface area (Å²) in [5, 5.41) is 3.31. The molecule has 18 heavy (non-hydrogen) atoms. The number of hydrogen-bond donors (Lipinski definition) is 1. The lowest BCUT2D eigenvalue weighted by Gasteiger charge is -2.32. The van der Waals surface area contributed by atoms with Gasteiger partial charge in [-0.3, -0.25) is 4.79 Å². The lowest BCUT2D eigenvalue weighted by atomic mass is 9.94. The van der Waals surface area contributed by atoms with Crippen LogP contribution in [0.4, 0.5) is 0 Å². The molecule has 3 heteroatoms. The Morgan fingerprint density at radius 3 is 2.50 bits per heavy atom. The Labute approximate surface area is 112 Å². The van der Waals surface area contributed by atoms with Crippen LogP contribution in [-0.4, -0.2) is 37.0 Å². The third-order valence-electron chi connectivity index (χ3n) is 4.26. The van der Waals surface area contributed by atoms with Crippen LogP contribution in [0.15, 0.2) is 0 Å². The minimum atomic E-state index is 0.382. The molecule has 1 aliphatic heterocycles. The molecule has 0 radical (unpaired) electrons. The Morgan fingerprint density at radius 2 is 2.00 bits per heavy atom. The molecule has 0 saturated carbocycles. The molecule has 1 N–H and O–H groups in total. The van der Waals surface area contributed by atoms with Crippen molar-refractivity contribution in [3.8, 4) is 0 Å². The number of nitrogens with zero attached hydrogens (tertiary/aromatic N) is 1. The average molecular weight is 254 g/mol. The minimum Gasteiger partial charge on any atom is -0.343 e. The molecule has 1 unspecified atom stereocenters. The van der Waals surface area contributed by atoms with Gasteiger partial charge in [-0.25, -0.2) is 0 Å². The van der Waals surface area contributed by atoms with Crippen molar-refractivity contribution in [2.45, 2.75) is 64.8 Å². The molecule has 0 aromatic carbocycles. The van der Waals surface area contributed by atoms with Crippen molar-refractivity contribution >= 4 is 5.91 Å². The molecule has 1 saturated heterocycles. The summed E-state index contributed by atoms with van der Waals surface area (Å²) in [5.74, 6) is 0.979. The molecular formula is C15H30N2O. The maximum atomic E-state index is 12.2. The van der Waals surface area contributed by atoms with E-state index in [1.54, 1.807) is 0 Å². The van der Waals surface area contributed by atoms with Crippen LogP contribution in [0.3, 0.4) is 0 Å². The highest BCUT2D eigenvalue weighted by atomic mass is 16.2. The number of likely N-dealkylation sites (tertiary alicyclic amines) is 1. The lowest BCUT2D eigenvalue weighted by Crippen LogP contribution is -2.44. The Morgan fingerprint density at radius 1 is 1.33 bits per heavy atom. The van der Waals surface area contributed by atoms with E-state index in [1.807, 2.05) is 7.05 Å². The topological polar surface area (TPSA) is 32.3 Å². The number of unbranched alkanes of at least 4 members (excludes halogenated alkanes) is 1. The van der Waals surface area contributed by atoms with Gasteiger partial charge in [0.15, 0.2) is 0 Å². The maximum absolute atomic E-state index is 12.2. The van der Waals surface area contributed by atoms with Gasteiger partial charge in [-0.05, 0) is 32.2 Å². The average Bonchev–Trinajstić information content (AvgIpc) is 2.43. The fraction of sp³-hybridized carbons (Fsp3) is 0.933. The fourth-order valence-corrected chi connectivity index (χ4v) is 2.74. The molecule has 3 nitrogen and oxygen atoms in total. The van der Waals surface area contributed by atoms with Crippen LogP contribution in [0, 0.1) is 5.92 Å². The van der Waals surface area contributed by atoms with Gasteiger partial charge in [0, 0.05) is 25.6 Å². The molecule has 1 rings (SSSR count). The molecule has 1 aliphatic rings. The molecule has 1 heterocycles. The van der Waals surface area contributed by atoms with Gasteiger partial charge in [-0.15, -0.1) is 0 Å². The van der Waals surface area contributed by atoms with Crippen LogP contribution < -0.4 is 5.32 Å². The smallest absolute Gasteiger partial charge is 0.222 e. The van der Waals surface area contributed by atoms with E-state index in [4.69, 9.17) is 0 Å². The van der Waals surface area contributed by atoms with E-state index >= 15 is 0 Å². The second-order valence-electron chi connectivity index (χ2n) is 5.56. The Bertz CT molecular complexity index is 235. The first-order chi connectivity index (χ1) is 8.71. The molecule has 1 amide bonds. The highest BCUT2D eigenvalue weighted by Crippen LogP contribution is 2.19. The first-order valence-corrected chi connectivity index (χ1v) is 7.66.